The molecule has 8 heteroatoms. The zero-order valence-corrected chi connectivity index (χ0v) is 21.7. The van der Waals surface area contributed by atoms with Crippen LogP contribution in [-0.2, 0) is 24.9 Å². The Hall–Kier alpha value is -4.33. The van der Waals surface area contributed by atoms with Gasteiger partial charge in [-0.15, -0.1) is 0 Å². The van der Waals surface area contributed by atoms with Gasteiger partial charge in [-0.2, -0.15) is 0 Å². The van der Waals surface area contributed by atoms with Gasteiger partial charge >= 0.3 is 5.97 Å². The summed E-state index contributed by atoms with van der Waals surface area (Å²) in [5.74, 6) is 1.01. The van der Waals surface area contributed by atoms with Gasteiger partial charge in [0.15, 0.2) is 0 Å². The van der Waals surface area contributed by atoms with Crippen LogP contribution < -0.4 is 20.5 Å². The first-order chi connectivity index (χ1) is 17.8. The van der Waals surface area contributed by atoms with E-state index >= 15 is 0 Å². The Balaban J connectivity index is 1.57. The minimum atomic E-state index is -0.413. The van der Waals surface area contributed by atoms with Gasteiger partial charge in [-0.05, 0) is 60.9 Å². The average Bonchev–Trinajstić information content (AvgIpc) is 3.33. The molecule has 5 rings (SSSR count). The topological polar surface area (TPSA) is 85.7 Å². The van der Waals surface area contributed by atoms with Crippen molar-refractivity contribution in [1.29, 1.82) is 0 Å². The molecule has 0 aliphatic carbocycles. The molecule has 0 bridgehead atoms. The highest BCUT2D eigenvalue weighted by Crippen LogP contribution is 2.32. The van der Waals surface area contributed by atoms with Crippen LogP contribution in [-0.4, -0.2) is 29.7 Å². The molecule has 1 aliphatic rings. The molecular formula is C29H30N4O4. The maximum atomic E-state index is 13.5. The number of nitrogens with zero attached hydrogens (tertiary/aromatic N) is 3. The van der Waals surface area contributed by atoms with Gasteiger partial charge in [-0.25, -0.2) is 9.78 Å². The summed E-state index contributed by atoms with van der Waals surface area (Å²) >= 11 is 0. The van der Waals surface area contributed by atoms with Crippen molar-refractivity contribution in [1.82, 2.24) is 9.55 Å². The maximum absolute atomic E-state index is 13.5. The van der Waals surface area contributed by atoms with Crippen molar-refractivity contribution in [2.24, 2.45) is 7.05 Å². The number of hydrogen-bond acceptors (Lipinski definition) is 7. The van der Waals surface area contributed by atoms with E-state index in [0.29, 0.717) is 41.2 Å². The number of esters is 1. The lowest BCUT2D eigenvalue weighted by molar-refractivity contribution is 0.0602. The Bertz CT molecular complexity index is 1580. The van der Waals surface area contributed by atoms with E-state index in [9.17, 15) is 9.59 Å². The Morgan fingerprint density at radius 3 is 2.57 bits per heavy atom. The molecule has 0 saturated heterocycles. The predicted molar refractivity (Wildman–Crippen MR) is 144 cm³/mol. The highest BCUT2D eigenvalue weighted by Gasteiger charge is 2.25. The van der Waals surface area contributed by atoms with Crippen LogP contribution in [0.1, 0.15) is 45.6 Å². The molecule has 0 fully saturated rings. The van der Waals surface area contributed by atoms with Crippen molar-refractivity contribution < 1.29 is 14.3 Å². The Labute approximate surface area is 215 Å². The van der Waals surface area contributed by atoms with E-state index in [2.05, 4.69) is 16.3 Å². The lowest BCUT2D eigenvalue weighted by Crippen LogP contribution is -2.28. The Kier molecular flexibility index (Phi) is 6.33. The summed E-state index contributed by atoms with van der Waals surface area (Å²) in [6.07, 6.45) is 0. The summed E-state index contributed by atoms with van der Waals surface area (Å²) in [7, 11) is 4.79. The first kappa shape index (κ1) is 24.4. The summed E-state index contributed by atoms with van der Waals surface area (Å²) in [6, 6.07) is 17.0. The van der Waals surface area contributed by atoms with Crippen molar-refractivity contribution in [2.75, 3.05) is 24.4 Å². The monoisotopic (exact) mass is 498 g/mol. The molecule has 1 atom stereocenters. The number of rotatable bonds is 6. The molecule has 37 heavy (non-hydrogen) atoms. The zero-order chi connectivity index (χ0) is 26.3. The van der Waals surface area contributed by atoms with Crippen molar-refractivity contribution in [2.45, 2.75) is 33.0 Å². The molecule has 4 aromatic rings. The molecule has 1 aromatic heterocycles. The molecule has 0 amide bonds. The lowest BCUT2D eigenvalue weighted by atomic mass is 10.0. The minimum Gasteiger partial charge on any atom is -0.497 e. The molecule has 8 nitrogen and oxygen atoms in total. The molecule has 0 radical (unpaired) electrons. The highest BCUT2D eigenvalue weighted by molar-refractivity contribution is 5.95. The van der Waals surface area contributed by atoms with Crippen molar-refractivity contribution in [3.63, 3.8) is 0 Å². The number of hydrogen-bond donors (Lipinski definition) is 1. The van der Waals surface area contributed by atoms with Crippen LogP contribution in [0.5, 0.6) is 5.75 Å². The van der Waals surface area contributed by atoms with Crippen LogP contribution in [0.3, 0.4) is 0 Å². The second-order valence-corrected chi connectivity index (χ2v) is 9.42. The molecule has 0 saturated carbocycles. The Morgan fingerprint density at radius 1 is 1.05 bits per heavy atom. The van der Waals surface area contributed by atoms with E-state index in [-0.39, 0.29) is 11.6 Å². The SMILES string of the molecule is COC(=O)c1ccccc1NC(C)c1cc(C)cc2c(=O)n(C)c(N3Cc4ccc(OC)cc4C3)nc12. The van der Waals surface area contributed by atoms with Gasteiger partial charge in [-0.3, -0.25) is 9.36 Å². The number of aromatic nitrogens is 2. The van der Waals surface area contributed by atoms with Gasteiger partial charge in [0.2, 0.25) is 5.95 Å². The van der Waals surface area contributed by atoms with Gasteiger partial charge in [0.25, 0.3) is 5.56 Å². The molecule has 3 aromatic carbocycles. The summed E-state index contributed by atoms with van der Waals surface area (Å²) in [5.41, 5.74) is 5.85. The lowest BCUT2D eigenvalue weighted by Gasteiger charge is -2.23. The summed E-state index contributed by atoms with van der Waals surface area (Å²) in [5, 5.41) is 4.00. The molecule has 190 valence electrons. The fourth-order valence-corrected chi connectivity index (χ4v) is 5.00. The minimum absolute atomic E-state index is 0.0966. The van der Waals surface area contributed by atoms with Crippen molar-refractivity contribution in [3.05, 3.63) is 92.8 Å². The standard InChI is InChI=1S/C29H30N4O4/c1-17-12-23(18(2)30-25-9-7-6-8-22(25)28(35)37-5)26-24(13-17)27(34)32(3)29(31-26)33-15-19-10-11-21(36-4)14-20(19)16-33/h6-14,18,30H,15-16H2,1-5H3. The molecule has 2 heterocycles. The third-order valence-electron chi connectivity index (χ3n) is 6.92. The normalized spacial score (nSPS) is 13.4. The highest BCUT2D eigenvalue weighted by atomic mass is 16.5. The second kappa shape index (κ2) is 9.61. The second-order valence-electron chi connectivity index (χ2n) is 9.42. The predicted octanol–water partition coefficient (Wildman–Crippen LogP) is 4.73. The van der Waals surface area contributed by atoms with E-state index in [0.717, 1.165) is 22.4 Å². The van der Waals surface area contributed by atoms with E-state index in [1.807, 2.05) is 50.2 Å². The van der Waals surface area contributed by atoms with Crippen molar-refractivity contribution in [3.8, 4) is 5.75 Å². The number of ether oxygens (including phenoxy) is 2. The van der Waals surface area contributed by atoms with Gasteiger partial charge in [0.05, 0.1) is 36.7 Å². The van der Waals surface area contributed by atoms with Crippen LogP contribution in [0.25, 0.3) is 10.9 Å². The van der Waals surface area contributed by atoms with Crippen LogP contribution in [0.4, 0.5) is 11.6 Å². The number of anilines is 2. The van der Waals surface area contributed by atoms with E-state index in [4.69, 9.17) is 14.5 Å². The zero-order valence-electron chi connectivity index (χ0n) is 21.7. The van der Waals surface area contributed by atoms with Crippen molar-refractivity contribution >= 4 is 28.5 Å². The molecular weight excluding hydrogens is 468 g/mol. The number of fused-ring (bicyclic) bond motifs is 2. The fourth-order valence-electron chi connectivity index (χ4n) is 5.00. The van der Waals surface area contributed by atoms with Crippen LogP contribution in [0.15, 0.2) is 59.4 Å². The number of nitrogens with one attached hydrogen (secondary N) is 1. The number of carbonyl (C=O) groups is 1. The first-order valence-electron chi connectivity index (χ1n) is 12.2. The number of para-hydroxylation sites is 1. The summed E-state index contributed by atoms with van der Waals surface area (Å²) < 4.78 is 12.0. The van der Waals surface area contributed by atoms with Gasteiger partial charge in [0, 0.05) is 31.4 Å². The summed E-state index contributed by atoms with van der Waals surface area (Å²) in [6.45, 7) is 5.27. The number of carbonyl (C=O) groups excluding carboxylic acids is 1. The summed E-state index contributed by atoms with van der Waals surface area (Å²) in [4.78, 5) is 33.0. The Morgan fingerprint density at radius 2 is 1.81 bits per heavy atom. The van der Waals surface area contributed by atoms with Crippen LogP contribution in [0, 0.1) is 6.92 Å². The first-order valence-corrected chi connectivity index (χ1v) is 12.2. The molecule has 1 aliphatic heterocycles. The third-order valence-corrected chi connectivity index (χ3v) is 6.92. The largest absolute Gasteiger partial charge is 0.497 e. The van der Waals surface area contributed by atoms with Gasteiger partial charge < -0.3 is 19.7 Å². The van der Waals surface area contributed by atoms with Gasteiger partial charge in [-0.1, -0.05) is 24.3 Å². The van der Waals surface area contributed by atoms with Gasteiger partial charge in [0.1, 0.15) is 5.75 Å². The van der Waals surface area contributed by atoms with Crippen LogP contribution in [0.2, 0.25) is 0 Å². The number of methoxy groups -OCH3 is 2. The fraction of sp³-hybridized carbons (Fsp3) is 0.276. The van der Waals surface area contributed by atoms with E-state index in [1.165, 1.54) is 12.7 Å². The quantitative estimate of drug-likeness (QED) is 0.385. The van der Waals surface area contributed by atoms with Crippen LogP contribution >= 0.6 is 0 Å². The van der Waals surface area contributed by atoms with E-state index in [1.54, 1.807) is 30.9 Å². The third kappa shape index (κ3) is 4.39. The maximum Gasteiger partial charge on any atom is 0.339 e. The molecule has 0 spiro atoms. The average molecular weight is 499 g/mol. The molecule has 1 N–H and O–H groups in total. The molecule has 1 unspecified atom stereocenters. The van der Waals surface area contributed by atoms with E-state index < -0.39 is 5.97 Å². The number of benzene rings is 3. The number of aryl methyl sites for hydroxylation is 1. The smallest absolute Gasteiger partial charge is 0.339 e.